The van der Waals surface area contributed by atoms with Gasteiger partial charge in [0.05, 0.1) is 6.33 Å². The average molecular weight is 1080 g/mol. The molecular formula is C50H48Br2N10O4S2. The Morgan fingerprint density at radius 2 is 1.22 bits per heavy atom. The predicted molar refractivity (Wildman–Crippen MR) is 269 cm³/mol. The third-order valence-corrected chi connectivity index (χ3v) is 17.3. The van der Waals surface area contributed by atoms with Crippen LogP contribution in [0.5, 0.6) is 23.0 Å². The van der Waals surface area contributed by atoms with E-state index in [2.05, 4.69) is 122 Å². The van der Waals surface area contributed by atoms with E-state index in [1.165, 1.54) is 80.6 Å². The van der Waals surface area contributed by atoms with Crippen LogP contribution in [0.1, 0.15) is 74.3 Å². The standard InChI is InChI=1S/2C25H24BrN5O2S/c26-18-10-19-20(33-14-32-19)11-21(18)34-25-29-22-23(27)28-13-31(24(22)30-25)12-17(16-8-4-5-9-16)15-6-2-1-3-7-15;26-18-10-19-20(33-14-32-19)11-21(18)34-25-30-22-23(27)28-13-29-24(22)31(25)12-17(16-8-4-5-9-16)15-6-2-1-3-7-15/h1-3,6-7,10-11,13,16-17,27H,4-5,8-9,12,14H2,(H,29,30);1-3,6-7,10-11,13,16-17H,4-5,8-9,12,14H2,(H2,27,28,29). The number of halogens is 2. The van der Waals surface area contributed by atoms with Crippen molar-refractivity contribution < 1.29 is 18.9 Å². The lowest BCUT2D eigenvalue weighted by Crippen LogP contribution is -2.20. The molecule has 0 bridgehead atoms. The highest BCUT2D eigenvalue weighted by Gasteiger charge is 2.31. The van der Waals surface area contributed by atoms with Crippen molar-refractivity contribution in [3.63, 3.8) is 0 Å². The Bertz CT molecular complexity index is 3160. The number of nitrogens with two attached hydrogens (primary N) is 1. The summed E-state index contributed by atoms with van der Waals surface area (Å²) in [7, 11) is 0. The van der Waals surface area contributed by atoms with E-state index in [0.29, 0.717) is 45.7 Å². The maximum Gasteiger partial charge on any atom is 0.231 e. The summed E-state index contributed by atoms with van der Waals surface area (Å²) >= 11 is 10.4. The van der Waals surface area contributed by atoms with Crippen molar-refractivity contribution in [1.29, 1.82) is 5.41 Å². The second-order valence-electron chi connectivity index (χ2n) is 17.5. The van der Waals surface area contributed by atoms with Gasteiger partial charge in [-0.1, -0.05) is 110 Å². The molecule has 0 spiro atoms. The molecule has 0 amide bonds. The second-order valence-corrected chi connectivity index (χ2v) is 21.3. The van der Waals surface area contributed by atoms with E-state index < -0.39 is 0 Å². The maximum atomic E-state index is 8.36. The largest absolute Gasteiger partial charge is 0.454 e. The lowest BCUT2D eigenvalue weighted by Gasteiger charge is -2.25. The Hall–Kier alpha value is -5.56. The lowest BCUT2D eigenvalue weighted by atomic mass is 9.84. The summed E-state index contributed by atoms with van der Waals surface area (Å²) in [6.07, 6.45) is 13.5. The van der Waals surface area contributed by atoms with Crippen LogP contribution >= 0.6 is 55.4 Å². The average Bonchev–Trinajstić information content (AvgIpc) is 4.23. The Kier molecular flexibility index (Phi) is 13.1. The van der Waals surface area contributed by atoms with Crippen LogP contribution in [-0.2, 0) is 13.1 Å². The molecule has 4 N–H and O–H groups in total. The van der Waals surface area contributed by atoms with Gasteiger partial charge in [0, 0.05) is 43.7 Å². The first-order valence-corrected chi connectivity index (χ1v) is 26.1. The van der Waals surface area contributed by atoms with Crippen LogP contribution in [0.2, 0.25) is 0 Å². The van der Waals surface area contributed by atoms with Crippen LogP contribution < -0.4 is 30.2 Å². The van der Waals surface area contributed by atoms with E-state index in [1.807, 2.05) is 24.3 Å². The number of aromatic amines is 1. The molecule has 2 fully saturated rings. The van der Waals surface area contributed by atoms with E-state index >= 15 is 0 Å². The zero-order valence-corrected chi connectivity index (χ0v) is 41.8. The van der Waals surface area contributed by atoms with Gasteiger partial charge >= 0.3 is 0 Å². The number of aromatic nitrogens is 8. The number of rotatable bonds is 12. The molecule has 2 aliphatic carbocycles. The summed E-state index contributed by atoms with van der Waals surface area (Å²) in [5.41, 5.74) is 12.0. The number of H-pyrrole nitrogens is 1. The molecule has 18 heteroatoms. The SMILES string of the molecule is N=c1ncn(CC(c2ccccc2)C2CCCC2)c2nc(Sc3cc4c(cc3Br)OCO4)[nH]c12.Nc1ncnc2c1nc(Sc1cc3c(cc1Br)OCO3)n2CC(c1ccccc1)C1CCCC1. The van der Waals surface area contributed by atoms with Crippen LogP contribution in [-0.4, -0.2) is 52.6 Å². The summed E-state index contributed by atoms with van der Waals surface area (Å²) in [4.78, 5) is 28.2. The van der Waals surface area contributed by atoms with Crippen molar-refractivity contribution in [2.45, 2.75) is 96.4 Å². The smallest absolute Gasteiger partial charge is 0.231 e. The molecular weight excluding hydrogens is 1030 g/mol. The van der Waals surface area contributed by atoms with E-state index in [9.17, 15) is 0 Å². The lowest BCUT2D eigenvalue weighted by molar-refractivity contribution is 0.173. The van der Waals surface area contributed by atoms with Crippen molar-refractivity contribution in [3.8, 4) is 23.0 Å². The fourth-order valence-corrected chi connectivity index (χ4v) is 12.9. The molecule has 4 aromatic heterocycles. The molecule has 8 aromatic rings. The number of hydrogen-bond donors (Lipinski definition) is 3. The summed E-state index contributed by atoms with van der Waals surface area (Å²) in [5.74, 6) is 5.38. The summed E-state index contributed by atoms with van der Waals surface area (Å²) in [5, 5.41) is 9.90. The minimum absolute atomic E-state index is 0.201. The summed E-state index contributed by atoms with van der Waals surface area (Å²) < 4.78 is 28.3. The summed E-state index contributed by atoms with van der Waals surface area (Å²) in [6.45, 7) is 2.05. The molecule has 4 aliphatic rings. The number of ether oxygens (including phenoxy) is 4. The van der Waals surface area contributed by atoms with E-state index in [1.54, 1.807) is 18.1 Å². The Balaban J connectivity index is 0.000000149. The zero-order valence-electron chi connectivity index (χ0n) is 36.9. The number of fused-ring (bicyclic) bond motifs is 4. The Morgan fingerprint density at radius 1 is 0.676 bits per heavy atom. The molecule has 0 radical (unpaired) electrons. The molecule has 14 nitrogen and oxygen atoms in total. The minimum Gasteiger partial charge on any atom is -0.454 e. The van der Waals surface area contributed by atoms with Gasteiger partial charge in [-0.15, -0.1) is 0 Å². The molecule has 348 valence electrons. The van der Waals surface area contributed by atoms with Crippen molar-refractivity contribution in [3.05, 3.63) is 123 Å². The molecule has 0 saturated heterocycles. The van der Waals surface area contributed by atoms with Crippen LogP contribution in [0.4, 0.5) is 5.82 Å². The normalized spacial score (nSPS) is 16.4. The molecule has 4 aromatic carbocycles. The quantitative estimate of drug-likeness (QED) is 0.106. The first-order chi connectivity index (χ1) is 33.3. The third-order valence-electron chi connectivity index (χ3n) is 13.5. The van der Waals surface area contributed by atoms with Crippen LogP contribution in [0.3, 0.4) is 0 Å². The van der Waals surface area contributed by atoms with Gasteiger partial charge < -0.3 is 38.8 Å². The number of nitrogens with zero attached hydrogens (tertiary/aromatic N) is 7. The van der Waals surface area contributed by atoms with Crippen molar-refractivity contribution in [2.24, 2.45) is 11.8 Å². The highest BCUT2D eigenvalue weighted by Crippen LogP contribution is 2.46. The van der Waals surface area contributed by atoms with Gasteiger partial charge in [0.1, 0.15) is 11.8 Å². The molecule has 2 unspecified atom stereocenters. The fourth-order valence-electron chi connectivity index (χ4n) is 10.1. The molecule has 68 heavy (non-hydrogen) atoms. The first kappa shape index (κ1) is 44.9. The number of hydrogen-bond acceptors (Lipinski definition) is 13. The van der Waals surface area contributed by atoms with Crippen molar-refractivity contribution in [2.75, 3.05) is 19.3 Å². The number of nitrogens with one attached hydrogen (secondary N) is 2. The van der Waals surface area contributed by atoms with Gasteiger partial charge in [0.25, 0.3) is 0 Å². The Morgan fingerprint density at radius 3 is 1.81 bits per heavy atom. The van der Waals surface area contributed by atoms with Crippen molar-refractivity contribution >= 4 is 83.5 Å². The van der Waals surface area contributed by atoms with Gasteiger partial charge in [-0.05, 0) is 105 Å². The van der Waals surface area contributed by atoms with Crippen LogP contribution in [0, 0.1) is 17.2 Å². The van der Waals surface area contributed by atoms with Gasteiger partial charge in [-0.3, -0.25) is 5.41 Å². The molecule has 2 saturated carbocycles. The van der Waals surface area contributed by atoms with Gasteiger partial charge in [0.2, 0.25) is 13.6 Å². The molecule has 6 heterocycles. The number of anilines is 1. The first-order valence-electron chi connectivity index (χ1n) is 22.9. The van der Waals surface area contributed by atoms with E-state index in [4.69, 9.17) is 40.1 Å². The monoisotopic (exact) mass is 1070 g/mol. The molecule has 2 aliphatic heterocycles. The van der Waals surface area contributed by atoms with Gasteiger partial charge in [-0.25, -0.2) is 24.9 Å². The van der Waals surface area contributed by atoms with E-state index in [0.717, 1.165) is 71.3 Å². The Labute approximate surface area is 418 Å². The third kappa shape index (κ3) is 9.31. The van der Waals surface area contributed by atoms with Crippen LogP contribution in [0.15, 0.2) is 127 Å². The van der Waals surface area contributed by atoms with Gasteiger partial charge in [-0.2, -0.15) is 0 Å². The van der Waals surface area contributed by atoms with E-state index in [-0.39, 0.29) is 19.1 Å². The second kappa shape index (κ2) is 19.8. The van der Waals surface area contributed by atoms with Crippen LogP contribution in [0.25, 0.3) is 22.3 Å². The molecule has 12 rings (SSSR count). The number of imidazole rings is 2. The van der Waals surface area contributed by atoms with Crippen molar-refractivity contribution in [1.82, 2.24) is 39.0 Å². The number of nitrogen functional groups attached to an aromatic ring is 1. The zero-order chi connectivity index (χ0) is 46.1. The highest BCUT2D eigenvalue weighted by atomic mass is 79.9. The fraction of sp³-hybridized carbons (Fsp3) is 0.320. The molecule has 2 atom stereocenters. The highest BCUT2D eigenvalue weighted by molar-refractivity contribution is 9.10. The summed E-state index contributed by atoms with van der Waals surface area (Å²) in [6, 6.07) is 29.4. The predicted octanol–water partition coefficient (Wildman–Crippen LogP) is 11.9. The minimum atomic E-state index is 0.201. The maximum absolute atomic E-state index is 8.36. The van der Waals surface area contributed by atoms with Gasteiger partial charge in [0.15, 0.2) is 61.4 Å². The number of benzene rings is 4. The topological polar surface area (TPSA) is 177 Å².